The second-order valence-electron chi connectivity index (χ2n) is 5.11. The topological polar surface area (TPSA) is 87.9 Å². The Morgan fingerprint density at radius 1 is 1.22 bits per heavy atom. The first kappa shape index (κ1) is 13.6. The number of nitrogens with two attached hydrogens (primary N) is 1. The van der Waals surface area contributed by atoms with Gasteiger partial charge in [0.1, 0.15) is 11.5 Å². The van der Waals surface area contributed by atoms with Gasteiger partial charge in [0.15, 0.2) is 0 Å². The van der Waals surface area contributed by atoms with E-state index in [0.29, 0.717) is 28.9 Å². The van der Waals surface area contributed by atoms with Crippen molar-refractivity contribution in [3.05, 3.63) is 69.8 Å². The quantitative estimate of drug-likeness (QED) is 0.752. The third-order valence-corrected chi connectivity index (χ3v) is 4.66. The molecule has 2 aromatic heterocycles. The molecule has 0 saturated heterocycles. The minimum absolute atomic E-state index is 0.294. The molecule has 0 aliphatic carbocycles. The van der Waals surface area contributed by atoms with Gasteiger partial charge in [-0.15, -0.1) is 11.3 Å². The van der Waals surface area contributed by atoms with E-state index in [-0.39, 0.29) is 5.92 Å². The molecule has 0 amide bonds. The van der Waals surface area contributed by atoms with Gasteiger partial charge in [0.25, 0.3) is 0 Å². The van der Waals surface area contributed by atoms with Crippen molar-refractivity contribution in [1.29, 1.82) is 5.26 Å². The molecule has 0 fully saturated rings. The summed E-state index contributed by atoms with van der Waals surface area (Å²) in [6.07, 6.45) is 0. The molecule has 1 atom stereocenters. The Balaban J connectivity index is 1.88. The average molecular weight is 320 g/mol. The summed E-state index contributed by atoms with van der Waals surface area (Å²) in [6.45, 7) is 0. The summed E-state index contributed by atoms with van der Waals surface area (Å²) in [5.74, 6) is 1.03. The molecule has 0 saturated carbocycles. The second-order valence-corrected chi connectivity index (χ2v) is 6.09. The summed E-state index contributed by atoms with van der Waals surface area (Å²) in [5, 5.41) is 14.4. The Bertz CT molecular complexity index is 919. The van der Waals surface area contributed by atoms with Gasteiger partial charge in [0.2, 0.25) is 11.8 Å². The summed E-state index contributed by atoms with van der Waals surface area (Å²) < 4.78 is 5.84. The minimum atomic E-state index is -0.294. The molecule has 0 radical (unpaired) electrons. The summed E-state index contributed by atoms with van der Waals surface area (Å²) in [5.41, 5.74) is 8.05. The third-order valence-electron chi connectivity index (χ3n) is 3.72. The van der Waals surface area contributed by atoms with Crippen molar-refractivity contribution < 1.29 is 4.42 Å². The van der Waals surface area contributed by atoms with Gasteiger partial charge in [-0.25, -0.2) is 4.98 Å². The molecule has 112 valence electrons. The van der Waals surface area contributed by atoms with Crippen molar-refractivity contribution in [2.24, 2.45) is 5.73 Å². The molecular weight excluding hydrogens is 308 g/mol. The van der Waals surface area contributed by atoms with E-state index in [1.54, 1.807) is 11.3 Å². The van der Waals surface area contributed by atoms with Crippen LogP contribution in [0.5, 0.6) is 0 Å². The number of nitrogens with one attached hydrogen (secondary N) is 1. The van der Waals surface area contributed by atoms with Gasteiger partial charge < -0.3 is 15.5 Å². The van der Waals surface area contributed by atoms with Crippen LogP contribution in [-0.2, 0) is 0 Å². The number of nitrogens with zero attached hydrogens (tertiary/aromatic N) is 2. The third kappa shape index (κ3) is 2.18. The minimum Gasteiger partial charge on any atom is -0.420 e. The first-order chi connectivity index (χ1) is 11.3. The maximum Gasteiger partial charge on any atom is 0.229 e. The molecule has 5 nitrogen and oxygen atoms in total. The Hall–Kier alpha value is -3.04. The highest BCUT2D eigenvalue weighted by molar-refractivity contribution is 7.10. The van der Waals surface area contributed by atoms with E-state index >= 15 is 0 Å². The molecule has 1 aromatic carbocycles. The lowest BCUT2D eigenvalue weighted by atomic mass is 9.92. The van der Waals surface area contributed by atoms with Crippen molar-refractivity contribution in [1.82, 2.24) is 4.98 Å². The molecule has 0 bridgehead atoms. The zero-order chi connectivity index (χ0) is 15.8. The molecule has 23 heavy (non-hydrogen) atoms. The lowest BCUT2D eigenvalue weighted by molar-refractivity contribution is 0.585. The zero-order valence-corrected chi connectivity index (χ0v) is 12.8. The van der Waals surface area contributed by atoms with E-state index in [4.69, 9.17) is 10.2 Å². The van der Waals surface area contributed by atoms with Crippen LogP contribution in [0.1, 0.15) is 16.5 Å². The van der Waals surface area contributed by atoms with E-state index in [0.717, 1.165) is 10.4 Å². The molecular formula is C17H12N4OS. The van der Waals surface area contributed by atoms with Gasteiger partial charge in [0.05, 0.1) is 17.6 Å². The zero-order valence-electron chi connectivity index (χ0n) is 12.0. The number of hydrogen-bond acceptors (Lipinski definition) is 6. The van der Waals surface area contributed by atoms with Crippen LogP contribution in [0.25, 0.3) is 11.5 Å². The molecule has 6 heteroatoms. The Kier molecular flexibility index (Phi) is 3.14. The van der Waals surface area contributed by atoms with Gasteiger partial charge in [-0.05, 0) is 23.6 Å². The fourth-order valence-corrected chi connectivity index (χ4v) is 3.50. The van der Waals surface area contributed by atoms with Gasteiger partial charge in [-0.3, -0.25) is 0 Å². The first-order valence-corrected chi connectivity index (χ1v) is 7.92. The van der Waals surface area contributed by atoms with Gasteiger partial charge in [-0.2, -0.15) is 5.26 Å². The van der Waals surface area contributed by atoms with E-state index in [1.807, 2.05) is 47.8 Å². The van der Waals surface area contributed by atoms with Crippen molar-refractivity contribution >= 4 is 17.2 Å². The molecule has 1 aliphatic heterocycles. The van der Waals surface area contributed by atoms with Crippen LogP contribution < -0.4 is 11.1 Å². The van der Waals surface area contributed by atoms with Gasteiger partial charge >= 0.3 is 0 Å². The Labute approximate surface area is 136 Å². The highest BCUT2D eigenvalue weighted by Gasteiger charge is 2.34. The fourth-order valence-electron chi connectivity index (χ4n) is 2.66. The largest absolute Gasteiger partial charge is 0.420 e. The van der Waals surface area contributed by atoms with Crippen molar-refractivity contribution in [3.63, 3.8) is 0 Å². The van der Waals surface area contributed by atoms with E-state index in [9.17, 15) is 5.26 Å². The Morgan fingerprint density at radius 3 is 2.74 bits per heavy atom. The monoisotopic (exact) mass is 320 g/mol. The van der Waals surface area contributed by atoms with Gasteiger partial charge in [0, 0.05) is 10.4 Å². The molecule has 4 rings (SSSR count). The lowest BCUT2D eigenvalue weighted by Gasteiger charge is -2.21. The highest BCUT2D eigenvalue weighted by atomic mass is 32.1. The summed E-state index contributed by atoms with van der Waals surface area (Å²) >= 11 is 1.57. The maximum atomic E-state index is 9.50. The molecule has 3 N–H and O–H groups in total. The second kappa shape index (κ2) is 5.30. The standard InChI is InChI=1S/C17H12N4OS/c18-9-11-13(12-7-4-8-23-12)14-17(21-15(11)19)22-16(20-14)10-5-2-1-3-6-10/h1-8,13,21H,19H2/t13-/m0/s1. The van der Waals surface area contributed by atoms with Gasteiger partial charge in [-0.1, -0.05) is 24.3 Å². The number of benzene rings is 1. The smallest absolute Gasteiger partial charge is 0.229 e. The average Bonchev–Trinajstić information content (AvgIpc) is 3.23. The van der Waals surface area contributed by atoms with E-state index < -0.39 is 0 Å². The van der Waals surface area contributed by atoms with E-state index in [2.05, 4.69) is 16.4 Å². The van der Waals surface area contributed by atoms with Crippen molar-refractivity contribution in [2.45, 2.75) is 5.92 Å². The van der Waals surface area contributed by atoms with Crippen molar-refractivity contribution in [2.75, 3.05) is 5.32 Å². The number of hydrogen-bond donors (Lipinski definition) is 2. The number of allylic oxidation sites excluding steroid dienone is 1. The van der Waals surface area contributed by atoms with Crippen LogP contribution in [-0.4, -0.2) is 4.98 Å². The van der Waals surface area contributed by atoms with Crippen LogP contribution in [0.15, 0.2) is 63.7 Å². The molecule has 1 aliphatic rings. The number of anilines is 1. The number of oxazole rings is 1. The SMILES string of the molecule is N#CC1=C(N)Nc2oc(-c3ccccc3)nc2[C@@H]1c1cccs1. The summed E-state index contributed by atoms with van der Waals surface area (Å²) in [4.78, 5) is 5.64. The normalized spacial score (nSPS) is 16.6. The molecule has 3 aromatic rings. The Morgan fingerprint density at radius 2 is 2.04 bits per heavy atom. The van der Waals surface area contributed by atoms with E-state index in [1.165, 1.54) is 0 Å². The molecule has 0 unspecified atom stereocenters. The highest BCUT2D eigenvalue weighted by Crippen LogP contribution is 2.43. The van der Waals surface area contributed by atoms with Crippen LogP contribution in [0.3, 0.4) is 0 Å². The van der Waals surface area contributed by atoms with Crippen LogP contribution in [0.2, 0.25) is 0 Å². The molecule has 0 spiro atoms. The van der Waals surface area contributed by atoms with Crippen LogP contribution in [0.4, 0.5) is 5.88 Å². The van der Waals surface area contributed by atoms with Crippen molar-refractivity contribution in [3.8, 4) is 17.5 Å². The summed E-state index contributed by atoms with van der Waals surface area (Å²) in [6, 6.07) is 15.8. The fraction of sp³-hybridized carbons (Fsp3) is 0.0588. The summed E-state index contributed by atoms with van der Waals surface area (Å²) in [7, 11) is 0. The number of nitriles is 1. The van der Waals surface area contributed by atoms with Crippen LogP contribution >= 0.6 is 11.3 Å². The lowest BCUT2D eigenvalue weighted by Crippen LogP contribution is -2.22. The number of fused-ring (bicyclic) bond motifs is 1. The number of rotatable bonds is 2. The first-order valence-electron chi connectivity index (χ1n) is 7.04. The molecule has 3 heterocycles. The predicted molar refractivity (Wildman–Crippen MR) is 88.6 cm³/mol. The number of aromatic nitrogens is 1. The van der Waals surface area contributed by atoms with Crippen LogP contribution in [0, 0.1) is 11.3 Å². The number of thiophene rings is 1. The predicted octanol–water partition coefficient (Wildman–Crippen LogP) is 3.65. The maximum absolute atomic E-state index is 9.50.